The van der Waals surface area contributed by atoms with Crippen LogP contribution in [0.2, 0.25) is 0 Å². The summed E-state index contributed by atoms with van der Waals surface area (Å²) < 4.78 is 44.0. The zero-order chi connectivity index (χ0) is 14.8. The molecule has 0 atom stereocenters. The molecule has 0 spiro atoms. The van der Waals surface area contributed by atoms with Crippen molar-refractivity contribution in [1.82, 2.24) is 4.98 Å². The third kappa shape index (κ3) is 2.80. The van der Waals surface area contributed by atoms with Crippen LogP contribution in [-0.2, 0) is 6.18 Å². The first-order valence-electron chi connectivity index (χ1n) is 5.40. The molecule has 2 N–H and O–H groups in total. The van der Waals surface area contributed by atoms with E-state index in [9.17, 15) is 13.2 Å². The van der Waals surface area contributed by atoms with Crippen LogP contribution in [0.4, 0.5) is 18.9 Å². The Morgan fingerprint density at radius 2 is 1.95 bits per heavy atom. The molecule has 0 aliphatic carbocycles. The maximum Gasteiger partial charge on any atom is 0.420 e. The highest BCUT2D eigenvalue weighted by molar-refractivity contribution is 5.53. The van der Waals surface area contributed by atoms with E-state index >= 15 is 0 Å². The molecule has 0 aliphatic heterocycles. The van der Waals surface area contributed by atoms with Gasteiger partial charge in [0.05, 0.1) is 29.1 Å². The Labute approximate surface area is 112 Å². The average Bonchev–Trinajstić information content (AvgIpc) is 2.40. The molecule has 7 heteroatoms. The molecule has 102 valence electrons. The van der Waals surface area contributed by atoms with Crippen molar-refractivity contribution in [2.75, 3.05) is 5.73 Å². The maximum atomic E-state index is 12.9. The summed E-state index contributed by atoms with van der Waals surface area (Å²) in [5, 5.41) is 8.67. The normalized spacial score (nSPS) is 10.9. The number of halogens is 3. The highest BCUT2D eigenvalue weighted by Crippen LogP contribution is 2.39. The van der Waals surface area contributed by atoms with Gasteiger partial charge in [0, 0.05) is 12.3 Å². The summed E-state index contributed by atoms with van der Waals surface area (Å²) in [5.74, 6) is -0.357. The summed E-state index contributed by atoms with van der Waals surface area (Å²) in [6.07, 6.45) is -2.02. The number of hydrogen-bond acceptors (Lipinski definition) is 4. The number of pyridine rings is 1. The number of hydrogen-bond donors (Lipinski definition) is 1. The van der Waals surface area contributed by atoms with Crippen LogP contribution >= 0.6 is 0 Å². The number of aromatic nitrogens is 1. The molecular weight excluding hydrogens is 271 g/mol. The van der Waals surface area contributed by atoms with Gasteiger partial charge in [0.15, 0.2) is 5.75 Å². The van der Waals surface area contributed by atoms with Gasteiger partial charge in [-0.1, -0.05) is 0 Å². The van der Waals surface area contributed by atoms with E-state index in [1.54, 1.807) is 6.07 Å². The molecule has 0 saturated carbocycles. The Morgan fingerprint density at radius 3 is 2.55 bits per heavy atom. The molecule has 0 fully saturated rings. The number of nitriles is 1. The zero-order valence-corrected chi connectivity index (χ0v) is 9.98. The van der Waals surface area contributed by atoms with Crippen molar-refractivity contribution < 1.29 is 17.9 Å². The standard InChI is InChI=1S/C13H8F3N3O/c14-13(15,16)9-5-8(6-17)1-2-11(9)20-12-3-4-19-7-10(12)18/h1-5,7H,18H2. The fourth-order valence-corrected chi connectivity index (χ4v) is 1.52. The number of anilines is 1. The van der Waals surface area contributed by atoms with E-state index in [0.717, 1.165) is 12.1 Å². The second-order valence-electron chi connectivity index (χ2n) is 3.84. The van der Waals surface area contributed by atoms with E-state index in [0.29, 0.717) is 0 Å². The van der Waals surface area contributed by atoms with Gasteiger partial charge < -0.3 is 10.5 Å². The second kappa shape index (κ2) is 5.09. The Bertz CT molecular complexity index is 677. The van der Waals surface area contributed by atoms with E-state index in [1.165, 1.54) is 24.5 Å². The molecule has 2 rings (SSSR count). The van der Waals surface area contributed by atoms with Crippen molar-refractivity contribution in [2.24, 2.45) is 0 Å². The van der Waals surface area contributed by atoms with E-state index in [1.807, 2.05) is 0 Å². The van der Waals surface area contributed by atoms with Crippen LogP contribution in [0.5, 0.6) is 11.5 Å². The quantitative estimate of drug-likeness (QED) is 0.915. The molecule has 0 aliphatic rings. The van der Waals surface area contributed by atoms with E-state index < -0.39 is 17.5 Å². The first-order chi connectivity index (χ1) is 9.41. The lowest BCUT2D eigenvalue weighted by atomic mass is 10.1. The minimum atomic E-state index is -4.63. The topological polar surface area (TPSA) is 71.9 Å². The summed E-state index contributed by atoms with van der Waals surface area (Å²) in [4.78, 5) is 3.71. The van der Waals surface area contributed by atoms with Gasteiger partial charge in [0.2, 0.25) is 0 Å². The van der Waals surface area contributed by atoms with E-state index in [4.69, 9.17) is 15.7 Å². The summed E-state index contributed by atoms with van der Waals surface area (Å²) in [5.41, 5.74) is 4.54. The molecule has 1 aromatic heterocycles. The third-order valence-corrected chi connectivity index (χ3v) is 2.44. The zero-order valence-electron chi connectivity index (χ0n) is 9.98. The number of rotatable bonds is 2. The minimum absolute atomic E-state index is 0.0650. The first kappa shape index (κ1) is 13.7. The fraction of sp³-hybridized carbons (Fsp3) is 0.0769. The maximum absolute atomic E-state index is 12.9. The SMILES string of the molecule is N#Cc1ccc(Oc2ccncc2N)c(C(F)(F)F)c1. The number of ether oxygens (including phenoxy) is 1. The van der Waals surface area contributed by atoms with Crippen LogP contribution in [0.25, 0.3) is 0 Å². The lowest BCUT2D eigenvalue weighted by molar-refractivity contribution is -0.138. The predicted octanol–water partition coefficient (Wildman–Crippen LogP) is 3.35. The van der Waals surface area contributed by atoms with Crippen LogP contribution in [0.1, 0.15) is 11.1 Å². The van der Waals surface area contributed by atoms with Crippen molar-refractivity contribution in [3.63, 3.8) is 0 Å². The smallest absolute Gasteiger partial charge is 0.420 e. The van der Waals surface area contributed by atoms with Crippen molar-refractivity contribution >= 4 is 5.69 Å². The molecule has 0 amide bonds. The van der Waals surface area contributed by atoms with Gasteiger partial charge in [0.25, 0.3) is 0 Å². The number of nitrogens with zero attached hydrogens (tertiary/aromatic N) is 2. The lowest BCUT2D eigenvalue weighted by Crippen LogP contribution is -2.08. The third-order valence-electron chi connectivity index (χ3n) is 2.44. The summed E-state index contributed by atoms with van der Waals surface area (Å²) in [7, 11) is 0. The van der Waals surface area contributed by atoms with Crippen LogP contribution in [0.15, 0.2) is 36.7 Å². The number of nitrogen functional groups attached to an aromatic ring is 1. The van der Waals surface area contributed by atoms with Crippen molar-refractivity contribution in [2.45, 2.75) is 6.18 Å². The van der Waals surface area contributed by atoms with Gasteiger partial charge in [-0.05, 0) is 18.2 Å². The van der Waals surface area contributed by atoms with Crippen molar-refractivity contribution in [3.05, 3.63) is 47.8 Å². The summed E-state index contributed by atoms with van der Waals surface area (Å²) >= 11 is 0. The second-order valence-corrected chi connectivity index (χ2v) is 3.84. The van der Waals surface area contributed by atoms with Crippen LogP contribution in [-0.4, -0.2) is 4.98 Å². The molecular formula is C13H8F3N3O. The molecule has 0 bridgehead atoms. The van der Waals surface area contributed by atoms with Crippen molar-refractivity contribution in [3.8, 4) is 17.6 Å². The molecule has 0 radical (unpaired) electrons. The largest absolute Gasteiger partial charge is 0.454 e. The Morgan fingerprint density at radius 1 is 1.20 bits per heavy atom. The van der Waals surface area contributed by atoms with Crippen LogP contribution in [0.3, 0.4) is 0 Å². The number of alkyl halides is 3. The Hall–Kier alpha value is -2.75. The highest BCUT2D eigenvalue weighted by Gasteiger charge is 2.35. The van der Waals surface area contributed by atoms with Gasteiger partial charge in [-0.2, -0.15) is 18.4 Å². The van der Waals surface area contributed by atoms with Crippen LogP contribution in [0, 0.1) is 11.3 Å². The van der Waals surface area contributed by atoms with Gasteiger partial charge in [-0.3, -0.25) is 4.98 Å². The van der Waals surface area contributed by atoms with Crippen LogP contribution < -0.4 is 10.5 Å². The monoisotopic (exact) mass is 279 g/mol. The minimum Gasteiger partial charge on any atom is -0.454 e. The molecule has 1 aromatic carbocycles. The van der Waals surface area contributed by atoms with E-state index in [-0.39, 0.29) is 17.0 Å². The molecule has 1 heterocycles. The van der Waals surface area contributed by atoms with Gasteiger partial charge in [-0.15, -0.1) is 0 Å². The Balaban J connectivity index is 2.47. The highest BCUT2D eigenvalue weighted by atomic mass is 19.4. The average molecular weight is 279 g/mol. The molecule has 2 aromatic rings. The fourth-order valence-electron chi connectivity index (χ4n) is 1.52. The Kier molecular flexibility index (Phi) is 3.48. The summed E-state index contributed by atoms with van der Waals surface area (Å²) in [6, 6.07) is 6.06. The molecule has 0 unspecified atom stereocenters. The van der Waals surface area contributed by atoms with Gasteiger partial charge in [-0.25, -0.2) is 0 Å². The lowest BCUT2D eigenvalue weighted by Gasteiger charge is -2.14. The van der Waals surface area contributed by atoms with Gasteiger partial charge in [0.1, 0.15) is 5.75 Å². The van der Waals surface area contributed by atoms with Gasteiger partial charge >= 0.3 is 6.18 Å². The predicted molar refractivity (Wildman–Crippen MR) is 64.9 cm³/mol. The number of nitrogens with two attached hydrogens (primary N) is 1. The van der Waals surface area contributed by atoms with Crippen molar-refractivity contribution in [1.29, 1.82) is 5.26 Å². The molecule has 4 nitrogen and oxygen atoms in total. The molecule has 20 heavy (non-hydrogen) atoms. The summed E-state index contributed by atoms with van der Waals surface area (Å²) in [6.45, 7) is 0. The first-order valence-corrected chi connectivity index (χ1v) is 5.40. The molecule has 0 saturated heterocycles. The number of benzene rings is 1. The van der Waals surface area contributed by atoms with E-state index in [2.05, 4.69) is 4.98 Å².